The topological polar surface area (TPSA) is 136 Å². The van der Waals surface area contributed by atoms with Gasteiger partial charge in [0, 0.05) is 23.4 Å². The number of hydrogen-bond donors (Lipinski definition) is 3. The van der Waals surface area contributed by atoms with Gasteiger partial charge in [0.2, 0.25) is 0 Å². The molecule has 0 fully saturated rings. The number of aryl methyl sites for hydroxylation is 1. The number of rotatable bonds is 4. The van der Waals surface area contributed by atoms with Crippen molar-refractivity contribution < 1.29 is 24.7 Å². The van der Waals surface area contributed by atoms with Crippen LogP contribution >= 0.6 is 0 Å². The zero-order valence-corrected chi connectivity index (χ0v) is 10.4. The highest BCUT2D eigenvalue weighted by Gasteiger charge is 2.29. The number of esters is 1. The van der Waals surface area contributed by atoms with E-state index < -0.39 is 23.1 Å². The Morgan fingerprint density at radius 3 is 2.53 bits per heavy atom. The van der Waals surface area contributed by atoms with E-state index in [1.807, 2.05) is 0 Å². The quantitative estimate of drug-likeness (QED) is 0.304. The van der Waals surface area contributed by atoms with Crippen molar-refractivity contribution in [3.63, 3.8) is 0 Å². The van der Waals surface area contributed by atoms with Gasteiger partial charge in [-0.2, -0.15) is 0 Å². The number of hydrogen-bond acceptors (Lipinski definition) is 7. The van der Waals surface area contributed by atoms with Crippen molar-refractivity contribution in [2.75, 3.05) is 12.8 Å². The highest BCUT2D eigenvalue weighted by Crippen LogP contribution is 2.30. The van der Waals surface area contributed by atoms with Gasteiger partial charge in [-0.05, 0) is 12.5 Å². The molecule has 0 aliphatic carbocycles. The van der Waals surface area contributed by atoms with E-state index in [1.165, 1.54) is 13.0 Å². The summed E-state index contributed by atoms with van der Waals surface area (Å²) in [5.41, 5.74) is 5.73. The van der Waals surface area contributed by atoms with Crippen LogP contribution in [0.2, 0.25) is 0 Å². The summed E-state index contributed by atoms with van der Waals surface area (Å²) < 4.78 is 4.28. The largest absolute Gasteiger partial charge is 0.467 e. The van der Waals surface area contributed by atoms with E-state index in [9.17, 15) is 25.1 Å². The Kier molecular flexibility index (Phi) is 4.41. The summed E-state index contributed by atoms with van der Waals surface area (Å²) in [6, 6.07) is 2.25. The molecule has 0 radical (unpaired) electrons. The van der Waals surface area contributed by atoms with Crippen LogP contribution < -0.4 is 5.73 Å². The van der Waals surface area contributed by atoms with Crippen LogP contribution in [0.3, 0.4) is 0 Å². The lowest BCUT2D eigenvalue weighted by molar-refractivity contribution is -0.385. The SMILES string of the molecule is COC(=O)C(O)C(O)c1cc([N+](=O)[O-])cc(C)c1N. The normalized spacial score (nSPS) is 13.7. The first kappa shape index (κ1) is 14.9. The highest BCUT2D eigenvalue weighted by molar-refractivity contribution is 5.76. The molecule has 0 saturated carbocycles. The van der Waals surface area contributed by atoms with E-state index in [4.69, 9.17) is 5.73 Å². The van der Waals surface area contributed by atoms with Gasteiger partial charge < -0.3 is 20.7 Å². The fourth-order valence-electron chi connectivity index (χ4n) is 1.58. The van der Waals surface area contributed by atoms with Crippen molar-refractivity contribution in [2.24, 2.45) is 0 Å². The number of nitrogens with two attached hydrogens (primary N) is 1. The maximum Gasteiger partial charge on any atom is 0.337 e. The molecule has 8 heteroatoms. The molecule has 0 aromatic heterocycles. The van der Waals surface area contributed by atoms with Gasteiger partial charge >= 0.3 is 5.97 Å². The number of nitro benzene ring substituents is 1. The summed E-state index contributed by atoms with van der Waals surface area (Å²) in [6.45, 7) is 1.52. The van der Waals surface area contributed by atoms with E-state index in [1.54, 1.807) is 0 Å². The number of nitrogens with zero attached hydrogens (tertiary/aromatic N) is 1. The van der Waals surface area contributed by atoms with E-state index >= 15 is 0 Å². The van der Waals surface area contributed by atoms with Gasteiger partial charge in [-0.25, -0.2) is 4.79 Å². The third-order valence-electron chi connectivity index (χ3n) is 2.67. The number of carbonyl (C=O) groups excluding carboxylic acids is 1. The lowest BCUT2D eigenvalue weighted by Crippen LogP contribution is -2.29. The van der Waals surface area contributed by atoms with E-state index in [0.29, 0.717) is 5.56 Å². The number of benzene rings is 1. The van der Waals surface area contributed by atoms with Crippen molar-refractivity contribution in [3.8, 4) is 0 Å². The molecule has 1 aromatic rings. The lowest BCUT2D eigenvalue weighted by Gasteiger charge is -2.18. The summed E-state index contributed by atoms with van der Waals surface area (Å²) in [6.07, 6.45) is -3.57. The molecule has 1 aromatic carbocycles. The van der Waals surface area contributed by atoms with Crippen LogP contribution in [0.5, 0.6) is 0 Å². The minimum atomic E-state index is -1.87. The van der Waals surface area contributed by atoms with E-state index in [0.717, 1.165) is 13.2 Å². The molecule has 0 aliphatic heterocycles. The minimum Gasteiger partial charge on any atom is -0.467 e. The number of nitrogen functional groups attached to an aromatic ring is 1. The Bertz CT molecular complexity index is 516. The van der Waals surface area contributed by atoms with Gasteiger partial charge in [0.25, 0.3) is 5.69 Å². The second-order valence-corrected chi connectivity index (χ2v) is 3.94. The minimum absolute atomic E-state index is 0.0704. The van der Waals surface area contributed by atoms with Gasteiger partial charge in [0.1, 0.15) is 6.10 Å². The van der Waals surface area contributed by atoms with Crippen molar-refractivity contribution in [1.29, 1.82) is 0 Å². The van der Waals surface area contributed by atoms with E-state index in [2.05, 4.69) is 4.74 Å². The van der Waals surface area contributed by atoms with E-state index in [-0.39, 0.29) is 16.9 Å². The number of aliphatic hydroxyl groups is 2. The molecule has 0 heterocycles. The van der Waals surface area contributed by atoms with Crippen molar-refractivity contribution >= 4 is 17.3 Å². The summed E-state index contributed by atoms with van der Waals surface area (Å²) in [5, 5.41) is 30.1. The Morgan fingerprint density at radius 2 is 2.05 bits per heavy atom. The third-order valence-corrected chi connectivity index (χ3v) is 2.67. The maximum absolute atomic E-state index is 11.1. The lowest BCUT2D eigenvalue weighted by atomic mass is 9.99. The number of nitro groups is 1. The molecule has 0 aliphatic rings. The van der Waals surface area contributed by atoms with Crippen molar-refractivity contribution in [2.45, 2.75) is 19.1 Å². The molecule has 0 amide bonds. The standard InChI is InChI=1S/C11H14N2O6/c1-5-3-6(13(17)18)4-7(8(5)12)9(14)10(15)11(16)19-2/h3-4,9-10,14-15H,12H2,1-2H3. The molecule has 19 heavy (non-hydrogen) atoms. The summed E-state index contributed by atoms with van der Waals surface area (Å²) in [5.74, 6) is -1.06. The molecule has 104 valence electrons. The monoisotopic (exact) mass is 270 g/mol. The average molecular weight is 270 g/mol. The number of aliphatic hydroxyl groups excluding tert-OH is 2. The summed E-state index contributed by atoms with van der Waals surface area (Å²) in [4.78, 5) is 21.2. The highest BCUT2D eigenvalue weighted by atomic mass is 16.6. The van der Waals surface area contributed by atoms with Crippen LogP contribution in [0.4, 0.5) is 11.4 Å². The first-order chi connectivity index (χ1) is 8.79. The fourth-order valence-corrected chi connectivity index (χ4v) is 1.58. The van der Waals surface area contributed by atoms with Crippen LogP contribution in [-0.2, 0) is 9.53 Å². The second-order valence-electron chi connectivity index (χ2n) is 3.94. The number of carbonyl (C=O) groups is 1. The molecule has 2 atom stereocenters. The second kappa shape index (κ2) is 5.63. The Hall–Kier alpha value is -2.19. The number of anilines is 1. The average Bonchev–Trinajstić information content (AvgIpc) is 2.38. The summed E-state index contributed by atoms with van der Waals surface area (Å²) >= 11 is 0. The predicted molar refractivity (Wildman–Crippen MR) is 65.2 cm³/mol. The molecular formula is C11H14N2O6. The zero-order valence-electron chi connectivity index (χ0n) is 10.4. The zero-order chi connectivity index (χ0) is 14.7. The number of methoxy groups -OCH3 is 1. The van der Waals surface area contributed by atoms with Crippen LogP contribution in [0.25, 0.3) is 0 Å². The van der Waals surface area contributed by atoms with Crippen LogP contribution in [0, 0.1) is 17.0 Å². The number of non-ortho nitro benzene ring substituents is 1. The van der Waals surface area contributed by atoms with Crippen LogP contribution in [0.1, 0.15) is 17.2 Å². The fraction of sp³-hybridized carbons (Fsp3) is 0.364. The van der Waals surface area contributed by atoms with Crippen molar-refractivity contribution in [1.82, 2.24) is 0 Å². The smallest absolute Gasteiger partial charge is 0.337 e. The number of ether oxygens (including phenoxy) is 1. The molecule has 4 N–H and O–H groups in total. The molecule has 0 spiro atoms. The van der Waals surface area contributed by atoms with Gasteiger partial charge in [0.05, 0.1) is 12.0 Å². The first-order valence-corrected chi connectivity index (χ1v) is 5.28. The van der Waals surface area contributed by atoms with Gasteiger partial charge in [-0.15, -0.1) is 0 Å². The Labute approximate surface area is 108 Å². The molecule has 8 nitrogen and oxygen atoms in total. The van der Waals surface area contributed by atoms with Crippen molar-refractivity contribution in [3.05, 3.63) is 33.4 Å². The van der Waals surface area contributed by atoms with Gasteiger partial charge in [-0.1, -0.05) is 0 Å². The Morgan fingerprint density at radius 1 is 1.47 bits per heavy atom. The first-order valence-electron chi connectivity index (χ1n) is 5.28. The summed E-state index contributed by atoms with van der Waals surface area (Å²) in [7, 11) is 1.04. The molecule has 0 saturated heterocycles. The van der Waals surface area contributed by atoms with Crippen LogP contribution in [-0.4, -0.2) is 34.3 Å². The maximum atomic E-state index is 11.1. The molecule has 0 bridgehead atoms. The molecule has 1 rings (SSSR count). The Balaban J connectivity index is 3.25. The predicted octanol–water partition coefficient (Wildman–Crippen LogP) is 0.0527. The third kappa shape index (κ3) is 2.98. The van der Waals surface area contributed by atoms with Gasteiger partial charge in [0.15, 0.2) is 6.10 Å². The molecule has 2 unspecified atom stereocenters. The molecular weight excluding hydrogens is 256 g/mol. The van der Waals surface area contributed by atoms with Gasteiger partial charge in [-0.3, -0.25) is 10.1 Å². The van der Waals surface area contributed by atoms with Crippen LogP contribution in [0.15, 0.2) is 12.1 Å².